The van der Waals surface area contributed by atoms with Crippen LogP contribution >= 0.6 is 24.0 Å². The number of ether oxygens (including phenoxy) is 1. The van der Waals surface area contributed by atoms with E-state index >= 15 is 0 Å². The smallest absolute Gasteiger partial charge is 0.191 e. The lowest BCUT2D eigenvalue weighted by Crippen LogP contribution is -2.41. The molecule has 0 heterocycles. The van der Waals surface area contributed by atoms with Gasteiger partial charge in [-0.2, -0.15) is 5.26 Å². The molecule has 0 fully saturated rings. The first-order chi connectivity index (χ1) is 12.5. The van der Waals surface area contributed by atoms with E-state index in [0.717, 1.165) is 0 Å². The second-order valence-corrected chi connectivity index (χ2v) is 5.61. The van der Waals surface area contributed by atoms with Gasteiger partial charge < -0.3 is 15.4 Å². The Morgan fingerprint density at radius 1 is 1.19 bits per heavy atom. The molecule has 0 aliphatic carbocycles. The molecule has 0 aromatic heterocycles. The van der Waals surface area contributed by atoms with E-state index in [1.165, 1.54) is 18.2 Å². The molecular weight excluding hydrogens is 465 g/mol. The van der Waals surface area contributed by atoms with Gasteiger partial charge in [-0.15, -0.1) is 24.0 Å². The summed E-state index contributed by atoms with van der Waals surface area (Å²) in [5.41, 5.74) is 0.711. The second-order valence-electron chi connectivity index (χ2n) is 5.61. The van der Waals surface area contributed by atoms with Crippen LogP contribution in [0.15, 0.2) is 47.5 Å². The molecule has 0 saturated heterocycles. The van der Waals surface area contributed by atoms with Crippen molar-refractivity contribution >= 4 is 29.9 Å². The standard InChI is InChI=1S/C19H20F2N4O.HI/c1-13(26-17-7-5-16(20)6-8-17)11-24-19(23-2)25-12-15-4-3-14(10-22)9-18(15)21;/h3-9,13H,11-12H2,1-2H3,(H2,23,24,25);1H. The molecule has 144 valence electrons. The van der Waals surface area contributed by atoms with Crippen LogP contribution in [0.3, 0.4) is 0 Å². The van der Waals surface area contributed by atoms with Gasteiger partial charge in [0.1, 0.15) is 23.5 Å². The van der Waals surface area contributed by atoms with Crippen molar-refractivity contribution in [2.24, 2.45) is 4.99 Å². The van der Waals surface area contributed by atoms with Crippen molar-refractivity contribution in [2.45, 2.75) is 19.6 Å². The zero-order valence-corrected chi connectivity index (χ0v) is 17.3. The third-order valence-electron chi connectivity index (χ3n) is 3.56. The summed E-state index contributed by atoms with van der Waals surface area (Å²) in [6.45, 7) is 2.54. The van der Waals surface area contributed by atoms with Crippen LogP contribution in [0, 0.1) is 23.0 Å². The van der Waals surface area contributed by atoms with Crippen molar-refractivity contribution in [1.82, 2.24) is 10.6 Å². The fraction of sp³-hybridized carbons (Fsp3) is 0.263. The summed E-state index contributed by atoms with van der Waals surface area (Å²) in [4.78, 5) is 4.07. The molecule has 8 heteroatoms. The minimum Gasteiger partial charge on any atom is -0.489 e. The number of halogens is 3. The van der Waals surface area contributed by atoms with E-state index in [2.05, 4.69) is 15.6 Å². The van der Waals surface area contributed by atoms with Crippen LogP contribution < -0.4 is 15.4 Å². The summed E-state index contributed by atoms with van der Waals surface area (Å²) in [6.07, 6.45) is -0.189. The fourth-order valence-corrected chi connectivity index (χ4v) is 2.19. The highest BCUT2D eigenvalue weighted by atomic mass is 127. The molecular formula is C19H21F2IN4O. The molecule has 0 aliphatic heterocycles. The van der Waals surface area contributed by atoms with Gasteiger partial charge >= 0.3 is 0 Å². The number of nitrogens with one attached hydrogen (secondary N) is 2. The first kappa shape index (κ1) is 22.6. The van der Waals surface area contributed by atoms with Gasteiger partial charge in [-0.25, -0.2) is 8.78 Å². The monoisotopic (exact) mass is 486 g/mol. The Morgan fingerprint density at radius 2 is 1.89 bits per heavy atom. The van der Waals surface area contributed by atoms with Gasteiger partial charge in [0.15, 0.2) is 5.96 Å². The van der Waals surface area contributed by atoms with Crippen LogP contribution in [0.1, 0.15) is 18.1 Å². The predicted octanol–water partition coefficient (Wildman–Crippen LogP) is 3.59. The van der Waals surface area contributed by atoms with Crippen molar-refractivity contribution in [2.75, 3.05) is 13.6 Å². The van der Waals surface area contributed by atoms with Crippen LogP contribution in [-0.2, 0) is 6.54 Å². The number of nitrogens with zero attached hydrogens (tertiary/aromatic N) is 2. The maximum absolute atomic E-state index is 13.9. The van der Waals surface area contributed by atoms with E-state index in [1.54, 1.807) is 31.3 Å². The molecule has 5 nitrogen and oxygen atoms in total. The van der Waals surface area contributed by atoms with Gasteiger partial charge in [0.25, 0.3) is 0 Å². The highest BCUT2D eigenvalue weighted by Crippen LogP contribution is 2.13. The third kappa shape index (κ3) is 7.38. The maximum Gasteiger partial charge on any atom is 0.191 e. The summed E-state index contributed by atoms with van der Waals surface area (Å²) >= 11 is 0. The van der Waals surface area contributed by atoms with Crippen LogP contribution in [0.25, 0.3) is 0 Å². The molecule has 2 rings (SSSR count). The van der Waals surface area contributed by atoms with Crippen molar-refractivity contribution in [3.8, 4) is 11.8 Å². The highest BCUT2D eigenvalue weighted by Gasteiger charge is 2.08. The number of benzene rings is 2. The zero-order valence-electron chi connectivity index (χ0n) is 15.0. The molecule has 1 atom stereocenters. The predicted molar refractivity (Wildman–Crippen MR) is 111 cm³/mol. The Kier molecular flexibility index (Phi) is 9.50. The van der Waals surface area contributed by atoms with Crippen molar-refractivity contribution < 1.29 is 13.5 Å². The maximum atomic E-state index is 13.9. The van der Waals surface area contributed by atoms with Crippen molar-refractivity contribution in [1.29, 1.82) is 5.26 Å². The number of hydrogen-bond acceptors (Lipinski definition) is 3. The van der Waals surface area contributed by atoms with Crippen molar-refractivity contribution in [3.63, 3.8) is 0 Å². The molecule has 2 aromatic rings. The zero-order chi connectivity index (χ0) is 18.9. The summed E-state index contributed by atoms with van der Waals surface area (Å²) in [7, 11) is 1.61. The van der Waals surface area contributed by atoms with E-state index in [4.69, 9.17) is 10.00 Å². The van der Waals surface area contributed by atoms with Gasteiger partial charge in [-0.1, -0.05) is 6.07 Å². The molecule has 27 heavy (non-hydrogen) atoms. The molecule has 1 unspecified atom stereocenters. The lowest BCUT2D eigenvalue weighted by atomic mass is 10.1. The Labute approximate surface area is 174 Å². The summed E-state index contributed by atoms with van der Waals surface area (Å²) in [5.74, 6) is 0.300. The summed E-state index contributed by atoms with van der Waals surface area (Å²) < 4.78 is 32.4. The number of aliphatic imine (C=N–C) groups is 1. The number of guanidine groups is 1. The van der Waals surface area contributed by atoms with Crippen LogP contribution in [0.2, 0.25) is 0 Å². The second kappa shape index (κ2) is 11.3. The average molecular weight is 486 g/mol. The van der Waals surface area contributed by atoms with E-state index in [9.17, 15) is 8.78 Å². The summed E-state index contributed by atoms with van der Waals surface area (Å²) in [5, 5.41) is 14.8. The van der Waals surface area contributed by atoms with Crippen LogP contribution in [0.4, 0.5) is 8.78 Å². The molecule has 0 radical (unpaired) electrons. The lowest BCUT2D eigenvalue weighted by Gasteiger charge is -2.18. The van der Waals surface area contributed by atoms with Gasteiger partial charge in [0, 0.05) is 19.2 Å². The minimum atomic E-state index is -0.444. The minimum absolute atomic E-state index is 0. The number of rotatable bonds is 6. The molecule has 0 saturated carbocycles. The molecule has 0 aliphatic rings. The largest absolute Gasteiger partial charge is 0.489 e. The summed E-state index contributed by atoms with van der Waals surface area (Å²) in [6, 6.07) is 12.0. The molecule has 2 aromatic carbocycles. The van der Waals surface area contributed by atoms with E-state index in [1.807, 2.05) is 13.0 Å². The van der Waals surface area contributed by atoms with E-state index in [0.29, 0.717) is 23.8 Å². The highest BCUT2D eigenvalue weighted by molar-refractivity contribution is 14.0. The molecule has 0 amide bonds. The van der Waals surface area contributed by atoms with Gasteiger partial charge in [0.2, 0.25) is 0 Å². The Morgan fingerprint density at radius 3 is 2.48 bits per heavy atom. The molecule has 2 N–H and O–H groups in total. The van der Waals surface area contributed by atoms with Gasteiger partial charge in [0.05, 0.1) is 18.2 Å². The van der Waals surface area contributed by atoms with Crippen LogP contribution in [0.5, 0.6) is 5.75 Å². The average Bonchev–Trinajstić information content (AvgIpc) is 2.64. The Balaban J connectivity index is 0.00000364. The van der Waals surface area contributed by atoms with Crippen LogP contribution in [-0.4, -0.2) is 25.7 Å². The topological polar surface area (TPSA) is 69.4 Å². The Hall–Kier alpha value is -2.41. The third-order valence-corrected chi connectivity index (χ3v) is 3.56. The Bertz CT molecular complexity index is 806. The lowest BCUT2D eigenvalue weighted by molar-refractivity contribution is 0.223. The first-order valence-electron chi connectivity index (χ1n) is 8.07. The van der Waals surface area contributed by atoms with Gasteiger partial charge in [-0.3, -0.25) is 4.99 Å². The molecule has 0 bridgehead atoms. The number of nitriles is 1. The van der Waals surface area contributed by atoms with E-state index < -0.39 is 5.82 Å². The van der Waals surface area contributed by atoms with E-state index in [-0.39, 0.29) is 48.0 Å². The normalized spacial score (nSPS) is 11.7. The van der Waals surface area contributed by atoms with Gasteiger partial charge in [-0.05, 0) is 43.3 Å². The molecule has 0 spiro atoms. The fourth-order valence-electron chi connectivity index (χ4n) is 2.19. The number of hydrogen-bond donors (Lipinski definition) is 2. The first-order valence-corrected chi connectivity index (χ1v) is 8.07. The van der Waals surface area contributed by atoms with Crippen molar-refractivity contribution in [3.05, 3.63) is 65.2 Å². The SMILES string of the molecule is CN=C(NCc1ccc(C#N)cc1F)NCC(C)Oc1ccc(F)cc1.I. The quantitative estimate of drug-likeness (QED) is 0.372.